The molecule has 6 heteroatoms. The SMILES string of the molecule is O=C(NCCc1nc2c(s1)CCC2)[C@H]1CC2(CCNCC2)CN1. The molecule has 0 aromatic carbocycles. The Hall–Kier alpha value is -0.980. The van der Waals surface area contributed by atoms with Gasteiger partial charge >= 0.3 is 0 Å². The molecular formula is C17H26N4OS. The van der Waals surface area contributed by atoms with Crippen molar-refractivity contribution in [2.75, 3.05) is 26.2 Å². The van der Waals surface area contributed by atoms with Crippen LogP contribution in [0.25, 0.3) is 0 Å². The number of carbonyl (C=O) groups is 1. The summed E-state index contributed by atoms with van der Waals surface area (Å²) >= 11 is 1.84. The van der Waals surface area contributed by atoms with Gasteiger partial charge in [0.15, 0.2) is 0 Å². The van der Waals surface area contributed by atoms with Gasteiger partial charge in [0, 0.05) is 24.4 Å². The Bertz CT molecular complexity index is 558. The minimum Gasteiger partial charge on any atom is -0.354 e. The number of piperidine rings is 1. The van der Waals surface area contributed by atoms with E-state index in [4.69, 9.17) is 4.98 Å². The zero-order chi connectivity index (χ0) is 15.7. The largest absolute Gasteiger partial charge is 0.354 e. The Morgan fingerprint density at radius 3 is 3.04 bits per heavy atom. The van der Waals surface area contributed by atoms with Gasteiger partial charge in [-0.15, -0.1) is 11.3 Å². The smallest absolute Gasteiger partial charge is 0.237 e. The molecule has 2 saturated heterocycles. The van der Waals surface area contributed by atoms with Crippen molar-refractivity contribution in [2.45, 2.75) is 51.0 Å². The molecule has 3 N–H and O–H groups in total. The van der Waals surface area contributed by atoms with Gasteiger partial charge in [-0.25, -0.2) is 4.98 Å². The minimum atomic E-state index is -0.00518. The number of amides is 1. The second kappa shape index (κ2) is 6.49. The molecule has 23 heavy (non-hydrogen) atoms. The summed E-state index contributed by atoms with van der Waals surface area (Å²) in [5.74, 6) is 0.171. The van der Waals surface area contributed by atoms with Crippen molar-refractivity contribution in [1.82, 2.24) is 20.9 Å². The van der Waals surface area contributed by atoms with Crippen LogP contribution >= 0.6 is 11.3 Å². The van der Waals surface area contributed by atoms with E-state index < -0.39 is 0 Å². The molecule has 2 aliphatic heterocycles. The highest BCUT2D eigenvalue weighted by Crippen LogP contribution is 2.37. The summed E-state index contributed by atoms with van der Waals surface area (Å²) in [6, 6.07) is -0.00518. The van der Waals surface area contributed by atoms with E-state index in [0.29, 0.717) is 12.0 Å². The summed E-state index contributed by atoms with van der Waals surface area (Å²) in [7, 11) is 0. The molecule has 1 spiro atoms. The first-order valence-electron chi connectivity index (χ1n) is 8.93. The third-order valence-corrected chi connectivity index (χ3v) is 6.84. The zero-order valence-electron chi connectivity index (χ0n) is 13.6. The van der Waals surface area contributed by atoms with E-state index in [-0.39, 0.29) is 11.9 Å². The molecule has 0 unspecified atom stereocenters. The predicted octanol–water partition coefficient (Wildman–Crippen LogP) is 1.02. The molecule has 1 amide bonds. The number of hydrogen-bond acceptors (Lipinski definition) is 5. The molecule has 5 nitrogen and oxygen atoms in total. The first-order valence-corrected chi connectivity index (χ1v) is 9.75. The van der Waals surface area contributed by atoms with Crippen LogP contribution in [0, 0.1) is 5.41 Å². The van der Waals surface area contributed by atoms with E-state index in [1.165, 1.54) is 41.3 Å². The maximum atomic E-state index is 12.4. The molecule has 126 valence electrons. The molecule has 2 fully saturated rings. The number of carbonyl (C=O) groups excluding carboxylic acids is 1. The van der Waals surface area contributed by atoms with Crippen LogP contribution in [0.15, 0.2) is 0 Å². The van der Waals surface area contributed by atoms with Gasteiger partial charge in [0.05, 0.1) is 16.7 Å². The number of aromatic nitrogens is 1. The Morgan fingerprint density at radius 1 is 1.35 bits per heavy atom. The molecule has 3 heterocycles. The van der Waals surface area contributed by atoms with Crippen molar-refractivity contribution < 1.29 is 4.79 Å². The molecule has 4 rings (SSSR count). The van der Waals surface area contributed by atoms with Gasteiger partial charge in [-0.2, -0.15) is 0 Å². The van der Waals surface area contributed by atoms with E-state index in [1.54, 1.807) is 0 Å². The monoisotopic (exact) mass is 334 g/mol. The molecule has 1 aliphatic carbocycles. The van der Waals surface area contributed by atoms with Crippen LogP contribution in [0.3, 0.4) is 0 Å². The standard InChI is InChI=1S/C17H26N4OS/c22-16(13-10-17(11-20-13)5-8-18-9-6-17)19-7-4-15-21-12-2-1-3-14(12)23-15/h13,18,20H,1-11H2,(H,19,22)/t13-/m1/s1. The lowest BCUT2D eigenvalue weighted by Crippen LogP contribution is -2.41. The number of fused-ring (bicyclic) bond motifs is 1. The number of thiazole rings is 1. The van der Waals surface area contributed by atoms with Crippen molar-refractivity contribution >= 4 is 17.2 Å². The van der Waals surface area contributed by atoms with Gasteiger partial charge in [0.25, 0.3) is 0 Å². The van der Waals surface area contributed by atoms with Crippen LogP contribution in [0.1, 0.15) is 41.3 Å². The lowest BCUT2D eigenvalue weighted by molar-refractivity contribution is -0.122. The maximum absolute atomic E-state index is 12.4. The van der Waals surface area contributed by atoms with Gasteiger partial charge in [-0.3, -0.25) is 4.79 Å². The molecule has 1 aromatic heterocycles. The van der Waals surface area contributed by atoms with Crippen molar-refractivity contribution in [1.29, 1.82) is 0 Å². The van der Waals surface area contributed by atoms with Gasteiger partial charge in [-0.05, 0) is 57.0 Å². The van der Waals surface area contributed by atoms with Gasteiger partial charge in [0.2, 0.25) is 5.91 Å². The average molecular weight is 334 g/mol. The second-order valence-electron chi connectivity index (χ2n) is 7.26. The predicted molar refractivity (Wildman–Crippen MR) is 91.8 cm³/mol. The van der Waals surface area contributed by atoms with Crippen molar-refractivity contribution in [3.05, 3.63) is 15.6 Å². The first kappa shape index (κ1) is 15.5. The Labute approximate surface area is 141 Å². The highest BCUT2D eigenvalue weighted by Gasteiger charge is 2.41. The van der Waals surface area contributed by atoms with E-state index >= 15 is 0 Å². The van der Waals surface area contributed by atoms with Crippen molar-refractivity contribution in [3.8, 4) is 0 Å². The Balaban J connectivity index is 1.24. The molecular weight excluding hydrogens is 308 g/mol. The Kier molecular flexibility index (Phi) is 4.39. The number of nitrogens with one attached hydrogen (secondary N) is 3. The van der Waals surface area contributed by atoms with Crippen LogP contribution < -0.4 is 16.0 Å². The Morgan fingerprint density at radius 2 is 2.22 bits per heavy atom. The molecule has 1 atom stereocenters. The fourth-order valence-corrected chi connectivity index (χ4v) is 5.36. The van der Waals surface area contributed by atoms with E-state index in [0.717, 1.165) is 38.9 Å². The lowest BCUT2D eigenvalue weighted by Gasteiger charge is -2.33. The highest BCUT2D eigenvalue weighted by atomic mass is 32.1. The van der Waals surface area contributed by atoms with Gasteiger partial charge in [0.1, 0.15) is 0 Å². The quantitative estimate of drug-likeness (QED) is 0.769. The molecule has 3 aliphatic rings. The lowest BCUT2D eigenvalue weighted by atomic mass is 9.77. The van der Waals surface area contributed by atoms with Gasteiger partial charge < -0.3 is 16.0 Å². The molecule has 0 saturated carbocycles. The average Bonchev–Trinajstić information content (AvgIpc) is 3.23. The maximum Gasteiger partial charge on any atom is 0.237 e. The molecule has 0 radical (unpaired) electrons. The van der Waals surface area contributed by atoms with Crippen LogP contribution in [-0.2, 0) is 24.1 Å². The van der Waals surface area contributed by atoms with Crippen LogP contribution in [0.5, 0.6) is 0 Å². The fourth-order valence-electron chi connectivity index (χ4n) is 4.21. The second-order valence-corrected chi connectivity index (χ2v) is 8.43. The topological polar surface area (TPSA) is 66.0 Å². The van der Waals surface area contributed by atoms with Crippen molar-refractivity contribution in [3.63, 3.8) is 0 Å². The number of nitrogens with zero attached hydrogens (tertiary/aromatic N) is 1. The molecule has 0 bridgehead atoms. The number of aryl methyl sites for hydroxylation is 2. The zero-order valence-corrected chi connectivity index (χ0v) is 14.4. The van der Waals surface area contributed by atoms with Crippen LogP contribution in [0.4, 0.5) is 0 Å². The normalized spacial score (nSPS) is 25.7. The van der Waals surface area contributed by atoms with E-state index in [2.05, 4.69) is 16.0 Å². The number of rotatable bonds is 4. The third-order valence-electron chi connectivity index (χ3n) is 5.62. The van der Waals surface area contributed by atoms with Crippen molar-refractivity contribution in [2.24, 2.45) is 5.41 Å². The summed E-state index contributed by atoms with van der Waals surface area (Å²) in [6.07, 6.45) is 7.83. The van der Waals surface area contributed by atoms with Gasteiger partial charge in [-0.1, -0.05) is 0 Å². The van der Waals surface area contributed by atoms with Crippen LogP contribution in [-0.4, -0.2) is 43.1 Å². The summed E-state index contributed by atoms with van der Waals surface area (Å²) < 4.78 is 0. The number of hydrogen-bond donors (Lipinski definition) is 3. The summed E-state index contributed by atoms with van der Waals surface area (Å²) in [5.41, 5.74) is 1.66. The highest BCUT2D eigenvalue weighted by molar-refractivity contribution is 7.11. The summed E-state index contributed by atoms with van der Waals surface area (Å²) in [5, 5.41) is 11.2. The van der Waals surface area contributed by atoms with Crippen LogP contribution in [0.2, 0.25) is 0 Å². The van der Waals surface area contributed by atoms with E-state index in [1.807, 2.05) is 11.3 Å². The fraction of sp³-hybridized carbons (Fsp3) is 0.765. The molecule has 1 aromatic rings. The first-order chi connectivity index (χ1) is 11.2. The van der Waals surface area contributed by atoms with E-state index in [9.17, 15) is 4.79 Å². The summed E-state index contributed by atoms with van der Waals surface area (Å²) in [6.45, 7) is 3.87. The minimum absolute atomic E-state index is 0.00518. The summed E-state index contributed by atoms with van der Waals surface area (Å²) in [4.78, 5) is 18.6. The third kappa shape index (κ3) is 3.30.